The summed E-state index contributed by atoms with van der Waals surface area (Å²) in [5.41, 5.74) is 4.92. The van der Waals surface area contributed by atoms with Gasteiger partial charge in [-0.1, -0.05) is 0 Å². The molecule has 0 amide bonds. The largest absolute Gasteiger partial charge is 0.394 e. The fourth-order valence-electron chi connectivity index (χ4n) is 1.74. The SMILES string of the molecule is Nc1nc(=O)n([C@@H]2O[C@H](CO)CC2O)cc1I. The molecule has 7 nitrogen and oxygen atoms in total. The van der Waals surface area contributed by atoms with Gasteiger partial charge in [0.05, 0.1) is 16.3 Å². The number of hydrogen-bond donors (Lipinski definition) is 3. The topological polar surface area (TPSA) is 111 Å². The predicted molar refractivity (Wildman–Crippen MR) is 67.2 cm³/mol. The van der Waals surface area contributed by atoms with Gasteiger partial charge in [0.1, 0.15) is 11.9 Å². The van der Waals surface area contributed by atoms with Gasteiger partial charge in [-0.3, -0.25) is 4.57 Å². The van der Waals surface area contributed by atoms with Gasteiger partial charge in [-0.2, -0.15) is 4.98 Å². The zero-order valence-electron chi connectivity index (χ0n) is 8.78. The summed E-state index contributed by atoms with van der Waals surface area (Å²) in [5, 5.41) is 18.7. The summed E-state index contributed by atoms with van der Waals surface area (Å²) in [7, 11) is 0. The van der Waals surface area contributed by atoms with Crippen LogP contribution in [-0.2, 0) is 4.74 Å². The Morgan fingerprint density at radius 1 is 1.71 bits per heavy atom. The Balaban J connectivity index is 2.35. The first-order valence-electron chi connectivity index (χ1n) is 5.01. The molecule has 1 aliphatic heterocycles. The van der Waals surface area contributed by atoms with Gasteiger partial charge in [0.25, 0.3) is 0 Å². The minimum Gasteiger partial charge on any atom is -0.394 e. The molecule has 1 fully saturated rings. The van der Waals surface area contributed by atoms with E-state index in [0.717, 1.165) is 0 Å². The molecular weight excluding hydrogens is 341 g/mol. The zero-order chi connectivity index (χ0) is 12.6. The third-order valence-corrected chi connectivity index (χ3v) is 3.41. The van der Waals surface area contributed by atoms with Gasteiger partial charge in [-0.25, -0.2) is 4.79 Å². The number of aromatic nitrogens is 2. The van der Waals surface area contributed by atoms with Crippen molar-refractivity contribution >= 4 is 28.4 Å². The Kier molecular flexibility index (Phi) is 3.66. The van der Waals surface area contributed by atoms with E-state index in [-0.39, 0.29) is 18.8 Å². The number of rotatable bonds is 2. The fraction of sp³-hybridized carbons (Fsp3) is 0.556. The fourth-order valence-corrected chi connectivity index (χ4v) is 2.16. The molecule has 17 heavy (non-hydrogen) atoms. The number of anilines is 1. The van der Waals surface area contributed by atoms with Crippen molar-refractivity contribution in [1.29, 1.82) is 0 Å². The van der Waals surface area contributed by atoms with Crippen LogP contribution >= 0.6 is 22.6 Å². The van der Waals surface area contributed by atoms with E-state index in [1.165, 1.54) is 10.8 Å². The molecule has 0 spiro atoms. The molecule has 0 saturated carbocycles. The standard InChI is InChI=1S/C9H12IN3O4/c10-5-2-13(9(16)12-7(5)11)8-6(15)1-4(3-14)17-8/h2,4,6,8,14-15H,1,3H2,(H2,11,12,16)/t4-,6?,8+/m0/s1. The van der Waals surface area contributed by atoms with Gasteiger partial charge in [0.2, 0.25) is 0 Å². The normalized spacial score (nSPS) is 28.5. The van der Waals surface area contributed by atoms with E-state index in [1.807, 2.05) is 22.6 Å². The Morgan fingerprint density at radius 3 is 3.00 bits per heavy atom. The number of nitrogens with two attached hydrogens (primary N) is 1. The molecule has 2 rings (SSSR count). The Hall–Kier alpha value is -0.710. The molecule has 1 unspecified atom stereocenters. The van der Waals surface area contributed by atoms with Crippen molar-refractivity contribution in [2.75, 3.05) is 12.3 Å². The molecule has 0 aliphatic carbocycles. The zero-order valence-corrected chi connectivity index (χ0v) is 10.9. The van der Waals surface area contributed by atoms with E-state index < -0.39 is 24.1 Å². The molecule has 1 aliphatic rings. The molecule has 1 aromatic heterocycles. The molecule has 3 atom stereocenters. The molecular formula is C9H12IN3O4. The quantitative estimate of drug-likeness (QED) is 0.593. The van der Waals surface area contributed by atoms with Crippen molar-refractivity contribution in [2.24, 2.45) is 0 Å². The average Bonchev–Trinajstić information content (AvgIpc) is 2.65. The molecule has 2 heterocycles. The van der Waals surface area contributed by atoms with Gasteiger partial charge in [0.15, 0.2) is 6.23 Å². The number of halogens is 1. The first kappa shape index (κ1) is 12.7. The smallest absolute Gasteiger partial charge is 0.351 e. The highest BCUT2D eigenvalue weighted by Gasteiger charge is 2.35. The summed E-state index contributed by atoms with van der Waals surface area (Å²) < 4.78 is 7.16. The van der Waals surface area contributed by atoms with E-state index in [1.54, 1.807) is 0 Å². The van der Waals surface area contributed by atoms with E-state index in [2.05, 4.69) is 4.98 Å². The van der Waals surface area contributed by atoms with Crippen LogP contribution in [0.15, 0.2) is 11.0 Å². The number of aliphatic hydroxyl groups is 2. The van der Waals surface area contributed by atoms with Crippen LogP contribution in [0.2, 0.25) is 0 Å². The summed E-state index contributed by atoms with van der Waals surface area (Å²) in [6.07, 6.45) is -0.350. The van der Waals surface area contributed by atoms with Crippen molar-refractivity contribution in [2.45, 2.75) is 24.9 Å². The predicted octanol–water partition coefficient (Wildman–Crippen LogP) is -0.929. The van der Waals surface area contributed by atoms with Crippen LogP contribution < -0.4 is 11.4 Å². The van der Waals surface area contributed by atoms with Crippen molar-refractivity contribution in [1.82, 2.24) is 9.55 Å². The number of hydrogen-bond acceptors (Lipinski definition) is 6. The highest BCUT2D eigenvalue weighted by atomic mass is 127. The summed E-state index contributed by atoms with van der Waals surface area (Å²) in [4.78, 5) is 15.3. The Labute approximate surface area is 110 Å². The maximum atomic E-state index is 11.6. The van der Waals surface area contributed by atoms with Crippen LogP contribution in [0, 0.1) is 3.57 Å². The molecule has 1 aromatic rings. The second-order valence-electron chi connectivity index (χ2n) is 3.80. The maximum Gasteiger partial charge on any atom is 0.351 e. The van der Waals surface area contributed by atoms with E-state index in [9.17, 15) is 9.90 Å². The minimum absolute atomic E-state index is 0.151. The molecule has 1 saturated heterocycles. The number of nitrogen functional groups attached to an aromatic ring is 1. The third kappa shape index (κ3) is 2.44. The van der Waals surface area contributed by atoms with Crippen molar-refractivity contribution in [3.63, 3.8) is 0 Å². The second-order valence-corrected chi connectivity index (χ2v) is 4.96. The Bertz CT molecular complexity index is 478. The van der Waals surface area contributed by atoms with Crippen molar-refractivity contribution < 1.29 is 14.9 Å². The third-order valence-electron chi connectivity index (χ3n) is 2.58. The van der Waals surface area contributed by atoms with Crippen LogP contribution in [0.4, 0.5) is 5.82 Å². The van der Waals surface area contributed by atoms with Crippen LogP contribution in [0.3, 0.4) is 0 Å². The molecule has 4 N–H and O–H groups in total. The lowest BCUT2D eigenvalue weighted by Crippen LogP contribution is -2.32. The van der Waals surface area contributed by atoms with Crippen molar-refractivity contribution in [3.8, 4) is 0 Å². The van der Waals surface area contributed by atoms with E-state index >= 15 is 0 Å². The van der Waals surface area contributed by atoms with E-state index in [0.29, 0.717) is 3.57 Å². The number of ether oxygens (including phenoxy) is 1. The highest BCUT2D eigenvalue weighted by Crippen LogP contribution is 2.27. The molecule has 0 aromatic carbocycles. The summed E-state index contributed by atoms with van der Waals surface area (Å²) in [5.74, 6) is 0.151. The highest BCUT2D eigenvalue weighted by molar-refractivity contribution is 14.1. The first-order valence-corrected chi connectivity index (χ1v) is 6.09. The maximum absolute atomic E-state index is 11.6. The van der Waals surface area contributed by atoms with Gasteiger partial charge in [-0.15, -0.1) is 0 Å². The lowest BCUT2D eigenvalue weighted by molar-refractivity contribution is -0.0530. The van der Waals surface area contributed by atoms with Gasteiger partial charge in [-0.05, 0) is 22.6 Å². The first-order chi connectivity index (χ1) is 8.02. The lowest BCUT2D eigenvalue weighted by atomic mass is 10.2. The van der Waals surface area contributed by atoms with Crippen LogP contribution in [0.1, 0.15) is 12.6 Å². The Morgan fingerprint density at radius 2 is 2.41 bits per heavy atom. The second kappa shape index (κ2) is 4.88. The molecule has 8 heteroatoms. The minimum atomic E-state index is -0.842. The van der Waals surface area contributed by atoms with Crippen LogP contribution in [0.25, 0.3) is 0 Å². The van der Waals surface area contributed by atoms with Crippen molar-refractivity contribution in [3.05, 3.63) is 20.3 Å². The van der Waals surface area contributed by atoms with Gasteiger partial charge in [0, 0.05) is 12.6 Å². The summed E-state index contributed by atoms with van der Waals surface area (Å²) >= 11 is 1.94. The molecule has 94 valence electrons. The summed E-state index contributed by atoms with van der Waals surface area (Å²) in [6.45, 7) is -0.193. The monoisotopic (exact) mass is 353 g/mol. The van der Waals surface area contributed by atoms with Gasteiger partial charge >= 0.3 is 5.69 Å². The summed E-state index contributed by atoms with van der Waals surface area (Å²) in [6, 6.07) is 0. The average molecular weight is 353 g/mol. The van der Waals surface area contributed by atoms with E-state index in [4.69, 9.17) is 15.6 Å². The van der Waals surface area contributed by atoms with Crippen LogP contribution in [0.5, 0.6) is 0 Å². The van der Waals surface area contributed by atoms with Gasteiger partial charge < -0.3 is 20.7 Å². The molecule has 0 bridgehead atoms. The number of nitrogens with zero attached hydrogens (tertiary/aromatic N) is 2. The van der Waals surface area contributed by atoms with Crippen LogP contribution in [-0.4, -0.2) is 38.6 Å². The lowest BCUT2D eigenvalue weighted by Gasteiger charge is -2.17. The molecule has 0 radical (unpaired) electrons. The number of aliphatic hydroxyl groups excluding tert-OH is 2.